The minimum Gasteiger partial charge on any atom is -0.469 e. The number of rotatable bonds is 10. The highest BCUT2D eigenvalue weighted by atomic mass is 16.5. The van der Waals surface area contributed by atoms with Gasteiger partial charge >= 0.3 is 5.97 Å². The molecule has 4 aromatic rings. The Kier molecular flexibility index (Phi) is 9.65. The molecule has 0 aliphatic carbocycles. The van der Waals surface area contributed by atoms with E-state index in [1.807, 2.05) is 60.0 Å². The maximum atomic E-state index is 13.7. The van der Waals surface area contributed by atoms with Gasteiger partial charge in [0.2, 0.25) is 5.91 Å². The molecule has 2 heterocycles. The van der Waals surface area contributed by atoms with Crippen molar-refractivity contribution in [1.29, 1.82) is 5.26 Å². The Hall–Kier alpha value is -4.74. The third kappa shape index (κ3) is 7.37. The van der Waals surface area contributed by atoms with E-state index < -0.39 is 0 Å². The fraction of sp³-hybridized carbons (Fsp3) is 0.314. The number of nitriles is 1. The Morgan fingerprint density at radius 3 is 2.21 bits per heavy atom. The number of piperidine rings is 1. The number of methoxy groups -OCH3 is 1. The molecule has 1 aliphatic heterocycles. The van der Waals surface area contributed by atoms with E-state index in [2.05, 4.69) is 45.5 Å². The van der Waals surface area contributed by atoms with Crippen LogP contribution in [0.4, 0.5) is 0 Å². The number of aromatic nitrogens is 2. The summed E-state index contributed by atoms with van der Waals surface area (Å²) >= 11 is 0. The van der Waals surface area contributed by atoms with Gasteiger partial charge in [-0.1, -0.05) is 72.8 Å². The van der Waals surface area contributed by atoms with Gasteiger partial charge in [-0.05, 0) is 42.2 Å². The smallest absolute Gasteiger partial charge is 0.309 e. The number of carbonyl (C=O) groups excluding carboxylic acids is 2. The van der Waals surface area contributed by atoms with E-state index in [0.29, 0.717) is 38.2 Å². The maximum absolute atomic E-state index is 13.7. The van der Waals surface area contributed by atoms with Crippen molar-refractivity contribution in [1.82, 2.24) is 19.8 Å². The van der Waals surface area contributed by atoms with Crippen molar-refractivity contribution >= 4 is 11.9 Å². The lowest BCUT2D eigenvalue weighted by molar-refractivity contribution is -0.149. The van der Waals surface area contributed by atoms with E-state index in [-0.39, 0.29) is 35.7 Å². The van der Waals surface area contributed by atoms with Crippen LogP contribution in [-0.4, -0.2) is 53.1 Å². The van der Waals surface area contributed by atoms with Crippen molar-refractivity contribution in [2.75, 3.05) is 26.7 Å². The number of hydrogen-bond acceptors (Lipinski definition) is 6. The maximum Gasteiger partial charge on any atom is 0.309 e. The van der Waals surface area contributed by atoms with Gasteiger partial charge in [-0.25, -0.2) is 4.98 Å². The zero-order valence-electron chi connectivity index (χ0n) is 24.6. The predicted molar refractivity (Wildman–Crippen MR) is 164 cm³/mol. The Morgan fingerprint density at radius 2 is 1.60 bits per heavy atom. The molecule has 0 saturated carbocycles. The van der Waals surface area contributed by atoms with Gasteiger partial charge in [0.1, 0.15) is 0 Å². The van der Waals surface area contributed by atoms with Crippen LogP contribution in [0.25, 0.3) is 0 Å². The van der Waals surface area contributed by atoms with E-state index >= 15 is 0 Å². The summed E-state index contributed by atoms with van der Waals surface area (Å²) in [6.07, 6.45) is 3.95. The number of benzene rings is 3. The molecule has 0 radical (unpaired) electrons. The molecule has 5 rings (SSSR count). The number of carbonyl (C=O) groups is 2. The number of imidazole rings is 1. The summed E-state index contributed by atoms with van der Waals surface area (Å²) in [7, 11) is 1.41. The van der Waals surface area contributed by atoms with Gasteiger partial charge < -0.3 is 19.5 Å². The third-order valence-electron chi connectivity index (χ3n) is 8.26. The first-order chi connectivity index (χ1) is 20.9. The average molecular weight is 576 g/mol. The first-order valence-electron chi connectivity index (χ1n) is 14.6. The molecule has 1 amide bonds. The monoisotopic (exact) mass is 575 g/mol. The van der Waals surface area contributed by atoms with Crippen LogP contribution < -0.4 is 5.32 Å². The lowest BCUT2D eigenvalue weighted by Crippen LogP contribution is -2.49. The molecule has 43 heavy (non-hydrogen) atoms. The molecular formula is C35H37N5O3. The molecule has 1 aromatic heterocycles. The molecule has 220 valence electrons. The summed E-state index contributed by atoms with van der Waals surface area (Å²) in [6, 6.07) is 30.0. The molecule has 1 fully saturated rings. The summed E-state index contributed by atoms with van der Waals surface area (Å²) in [6.45, 7) is 4.29. The molecule has 1 saturated heterocycles. The molecular weight excluding hydrogens is 538 g/mol. The van der Waals surface area contributed by atoms with Crippen molar-refractivity contribution in [3.63, 3.8) is 0 Å². The third-order valence-corrected chi connectivity index (χ3v) is 8.26. The van der Waals surface area contributed by atoms with Crippen LogP contribution in [-0.2, 0) is 20.9 Å². The highest BCUT2D eigenvalue weighted by molar-refractivity contribution is 5.81. The fourth-order valence-electron chi connectivity index (χ4n) is 6.01. The van der Waals surface area contributed by atoms with Crippen molar-refractivity contribution in [3.05, 3.63) is 125 Å². The van der Waals surface area contributed by atoms with Crippen molar-refractivity contribution < 1.29 is 14.3 Å². The second-order valence-electron chi connectivity index (χ2n) is 11.2. The van der Waals surface area contributed by atoms with Crippen LogP contribution in [0.1, 0.15) is 53.3 Å². The lowest BCUT2D eigenvalue weighted by atomic mass is 9.85. The first-order valence-corrected chi connectivity index (χ1v) is 14.6. The summed E-state index contributed by atoms with van der Waals surface area (Å²) < 4.78 is 7.14. The van der Waals surface area contributed by atoms with Gasteiger partial charge in [0, 0.05) is 32.1 Å². The zero-order chi connectivity index (χ0) is 30.2. The van der Waals surface area contributed by atoms with E-state index in [0.717, 1.165) is 11.3 Å². The highest BCUT2D eigenvalue weighted by Crippen LogP contribution is 2.30. The van der Waals surface area contributed by atoms with E-state index in [1.165, 1.54) is 18.2 Å². The van der Waals surface area contributed by atoms with Crippen LogP contribution in [0.5, 0.6) is 0 Å². The molecule has 0 spiro atoms. The van der Waals surface area contributed by atoms with Gasteiger partial charge in [-0.2, -0.15) is 5.26 Å². The second kappa shape index (κ2) is 14.0. The number of nitrogens with zero attached hydrogens (tertiary/aromatic N) is 4. The summed E-state index contributed by atoms with van der Waals surface area (Å²) in [4.78, 5) is 33.1. The molecule has 1 N–H and O–H groups in total. The number of esters is 1. The standard InChI is InChI=1S/C35H37N5O3/c1-25(33-19-37-24-40(33)20-27-15-13-26(18-36)14-16-27)38-34(41)30-17-31(35(42)43-2)22-39(21-30)23-32(28-9-5-3-6-10-28)29-11-7-4-8-12-29/h3-16,19,24-25,30-32H,17,20-23H2,1-2H3,(H,38,41). The number of nitrogens with one attached hydrogen (secondary N) is 1. The lowest BCUT2D eigenvalue weighted by Gasteiger charge is -2.38. The molecule has 3 aromatic carbocycles. The second-order valence-corrected chi connectivity index (χ2v) is 11.2. The fourth-order valence-corrected chi connectivity index (χ4v) is 6.01. The minimum absolute atomic E-state index is 0.0896. The zero-order valence-corrected chi connectivity index (χ0v) is 24.6. The van der Waals surface area contributed by atoms with Gasteiger partial charge in [0.25, 0.3) is 0 Å². The summed E-state index contributed by atoms with van der Waals surface area (Å²) in [5.41, 5.74) is 4.91. The normalized spacial score (nSPS) is 17.6. The average Bonchev–Trinajstić information content (AvgIpc) is 3.52. The van der Waals surface area contributed by atoms with Crippen LogP contribution in [0, 0.1) is 23.2 Å². The molecule has 3 unspecified atom stereocenters. The van der Waals surface area contributed by atoms with E-state index in [4.69, 9.17) is 10.00 Å². The molecule has 8 nitrogen and oxygen atoms in total. The highest BCUT2D eigenvalue weighted by Gasteiger charge is 2.37. The number of hydrogen-bond donors (Lipinski definition) is 1. The van der Waals surface area contributed by atoms with Crippen molar-refractivity contribution in [3.8, 4) is 6.07 Å². The first kappa shape index (κ1) is 29.7. The Bertz CT molecular complexity index is 1510. The molecule has 8 heteroatoms. The van der Waals surface area contributed by atoms with Crippen molar-refractivity contribution in [2.45, 2.75) is 31.8 Å². The largest absolute Gasteiger partial charge is 0.469 e. The molecule has 3 atom stereocenters. The van der Waals surface area contributed by atoms with Crippen LogP contribution in [0.15, 0.2) is 97.5 Å². The topological polar surface area (TPSA) is 100 Å². The number of ether oxygens (including phenoxy) is 1. The van der Waals surface area contributed by atoms with Gasteiger partial charge in [-0.15, -0.1) is 0 Å². The molecule has 0 bridgehead atoms. The minimum atomic E-state index is -0.390. The van der Waals surface area contributed by atoms with Crippen LogP contribution in [0.3, 0.4) is 0 Å². The number of likely N-dealkylation sites (tertiary alicyclic amines) is 1. The molecule has 1 aliphatic rings. The van der Waals surface area contributed by atoms with Crippen LogP contribution in [0.2, 0.25) is 0 Å². The van der Waals surface area contributed by atoms with Gasteiger partial charge in [0.05, 0.1) is 54.8 Å². The predicted octanol–water partition coefficient (Wildman–Crippen LogP) is 4.92. The quantitative estimate of drug-likeness (QED) is 0.270. The number of amides is 1. The van der Waals surface area contributed by atoms with E-state index in [9.17, 15) is 9.59 Å². The van der Waals surface area contributed by atoms with E-state index in [1.54, 1.807) is 24.7 Å². The SMILES string of the molecule is COC(=O)C1CC(C(=O)NC(C)c2cncn2Cc2ccc(C#N)cc2)CN(CC(c2ccccc2)c2ccccc2)C1. The van der Waals surface area contributed by atoms with Gasteiger partial charge in [-0.3, -0.25) is 9.59 Å². The van der Waals surface area contributed by atoms with Crippen LogP contribution >= 0.6 is 0 Å². The summed E-state index contributed by atoms with van der Waals surface area (Å²) in [5.74, 6) is -1.04. The Morgan fingerprint density at radius 1 is 0.977 bits per heavy atom. The van der Waals surface area contributed by atoms with Gasteiger partial charge in [0.15, 0.2) is 0 Å². The summed E-state index contributed by atoms with van der Waals surface area (Å²) in [5, 5.41) is 12.3. The van der Waals surface area contributed by atoms with Crippen molar-refractivity contribution in [2.24, 2.45) is 11.8 Å². The Balaban J connectivity index is 1.31. The Labute approximate surface area is 252 Å².